The van der Waals surface area contributed by atoms with Crippen molar-refractivity contribution in [2.45, 2.75) is 27.2 Å². The number of carbonyl (C=O) groups is 1. The second-order valence-corrected chi connectivity index (χ2v) is 8.17. The van der Waals surface area contributed by atoms with Gasteiger partial charge in [-0.3, -0.25) is 4.79 Å². The summed E-state index contributed by atoms with van der Waals surface area (Å²) in [5, 5.41) is 8.03. The van der Waals surface area contributed by atoms with Crippen molar-refractivity contribution in [2.24, 2.45) is 12.5 Å². The molecular weight excluding hydrogens is 354 g/mol. The quantitative estimate of drug-likeness (QED) is 0.656. The fourth-order valence-corrected chi connectivity index (χ4v) is 3.11. The molecule has 3 rings (SSSR count). The first kappa shape index (κ1) is 19.8. The number of rotatable bonds is 6. The van der Waals surface area contributed by atoms with E-state index in [1.165, 1.54) is 0 Å². The van der Waals surface area contributed by atoms with Gasteiger partial charge in [-0.25, -0.2) is 9.67 Å². The molecule has 1 amide bonds. The van der Waals surface area contributed by atoms with Crippen molar-refractivity contribution < 1.29 is 9.53 Å². The van der Waals surface area contributed by atoms with E-state index in [2.05, 4.69) is 36.1 Å². The van der Waals surface area contributed by atoms with E-state index in [0.29, 0.717) is 29.8 Å². The van der Waals surface area contributed by atoms with Crippen LogP contribution in [0.3, 0.4) is 0 Å². The average Bonchev–Trinajstić information content (AvgIpc) is 3.04. The van der Waals surface area contributed by atoms with Gasteiger partial charge in [0.2, 0.25) is 0 Å². The number of hydrogen-bond acceptors (Lipinski definition) is 5. The molecule has 1 aromatic carbocycles. The number of methoxy groups -OCH3 is 1. The van der Waals surface area contributed by atoms with Crippen molar-refractivity contribution in [3.63, 3.8) is 0 Å². The van der Waals surface area contributed by atoms with Gasteiger partial charge in [-0.15, -0.1) is 5.10 Å². The highest BCUT2D eigenvalue weighted by Gasteiger charge is 2.23. The van der Waals surface area contributed by atoms with Crippen molar-refractivity contribution in [3.8, 4) is 5.75 Å². The normalized spacial score (nSPS) is 11.6. The molecule has 0 bridgehead atoms. The van der Waals surface area contributed by atoms with Crippen LogP contribution in [0.2, 0.25) is 0 Å². The number of pyridine rings is 1. The minimum absolute atomic E-state index is 0.0142. The molecular formula is C21H27N5O2. The zero-order valence-corrected chi connectivity index (χ0v) is 17.1. The minimum Gasteiger partial charge on any atom is -0.497 e. The predicted molar refractivity (Wildman–Crippen MR) is 108 cm³/mol. The standard InChI is InChI=1S/C21H27N5O2/c1-21(2,3)14-26(11-10-15-6-8-17(28-5)9-7-15)20(27)16-12-18-19(22-13-16)25(4)24-23-18/h6-9,12-13H,10-11,14H2,1-5H3. The van der Waals surface area contributed by atoms with Crippen LogP contribution in [-0.4, -0.2) is 51.0 Å². The zero-order valence-electron chi connectivity index (χ0n) is 17.1. The molecule has 7 nitrogen and oxygen atoms in total. The van der Waals surface area contributed by atoms with Gasteiger partial charge in [0, 0.05) is 26.3 Å². The van der Waals surface area contributed by atoms with Crippen LogP contribution in [0.1, 0.15) is 36.7 Å². The van der Waals surface area contributed by atoms with E-state index >= 15 is 0 Å². The van der Waals surface area contributed by atoms with Gasteiger partial charge in [-0.05, 0) is 35.6 Å². The molecule has 2 heterocycles. The van der Waals surface area contributed by atoms with Crippen LogP contribution in [0.5, 0.6) is 5.75 Å². The first-order chi connectivity index (χ1) is 13.3. The Bertz CT molecular complexity index is 957. The minimum atomic E-state index is -0.0384. The molecule has 0 unspecified atom stereocenters. The maximum atomic E-state index is 13.2. The van der Waals surface area contributed by atoms with Gasteiger partial charge < -0.3 is 9.64 Å². The lowest BCUT2D eigenvalue weighted by Gasteiger charge is -2.30. The molecule has 0 aliphatic heterocycles. The van der Waals surface area contributed by atoms with Crippen molar-refractivity contribution in [1.29, 1.82) is 0 Å². The van der Waals surface area contributed by atoms with E-state index in [1.807, 2.05) is 29.2 Å². The molecule has 0 aliphatic carbocycles. The topological polar surface area (TPSA) is 73.1 Å². The predicted octanol–water partition coefficient (Wildman–Crippen LogP) is 3.10. The van der Waals surface area contributed by atoms with Crippen LogP contribution < -0.4 is 4.74 Å². The smallest absolute Gasteiger partial charge is 0.255 e. The Morgan fingerprint density at radius 1 is 1.21 bits per heavy atom. The van der Waals surface area contributed by atoms with Crippen molar-refractivity contribution >= 4 is 17.1 Å². The summed E-state index contributed by atoms with van der Waals surface area (Å²) in [5.41, 5.74) is 2.97. The lowest BCUT2D eigenvalue weighted by molar-refractivity contribution is 0.0697. The zero-order chi connectivity index (χ0) is 20.3. The molecule has 3 aromatic rings. The third-order valence-corrected chi connectivity index (χ3v) is 4.47. The van der Waals surface area contributed by atoms with Crippen LogP contribution in [0, 0.1) is 5.41 Å². The Morgan fingerprint density at radius 3 is 2.57 bits per heavy atom. The van der Waals surface area contributed by atoms with E-state index in [1.54, 1.807) is 31.1 Å². The fraction of sp³-hybridized carbons (Fsp3) is 0.429. The van der Waals surface area contributed by atoms with E-state index in [0.717, 1.165) is 17.7 Å². The number of carbonyl (C=O) groups excluding carboxylic acids is 1. The summed E-state index contributed by atoms with van der Waals surface area (Å²) >= 11 is 0. The Hall–Kier alpha value is -2.96. The first-order valence-electron chi connectivity index (χ1n) is 9.34. The Labute approximate surface area is 165 Å². The maximum absolute atomic E-state index is 13.2. The highest BCUT2D eigenvalue weighted by molar-refractivity contribution is 5.96. The third-order valence-electron chi connectivity index (χ3n) is 4.47. The van der Waals surface area contributed by atoms with Crippen molar-refractivity contribution in [2.75, 3.05) is 20.2 Å². The summed E-state index contributed by atoms with van der Waals surface area (Å²) in [6.45, 7) is 7.67. The molecule has 0 N–H and O–H groups in total. The lowest BCUT2D eigenvalue weighted by atomic mass is 9.95. The second-order valence-electron chi connectivity index (χ2n) is 8.17. The van der Waals surface area contributed by atoms with Crippen LogP contribution in [0.4, 0.5) is 0 Å². The van der Waals surface area contributed by atoms with Crippen LogP contribution in [0.25, 0.3) is 11.2 Å². The summed E-state index contributed by atoms with van der Waals surface area (Å²) < 4.78 is 6.81. The van der Waals surface area contributed by atoms with E-state index in [9.17, 15) is 4.79 Å². The Balaban J connectivity index is 1.79. The number of aromatic nitrogens is 4. The van der Waals surface area contributed by atoms with Gasteiger partial charge in [-0.2, -0.15) is 0 Å². The Kier molecular flexibility index (Phi) is 5.63. The van der Waals surface area contributed by atoms with Gasteiger partial charge in [0.1, 0.15) is 11.3 Å². The van der Waals surface area contributed by atoms with Crippen LogP contribution in [0.15, 0.2) is 36.5 Å². The highest BCUT2D eigenvalue weighted by atomic mass is 16.5. The van der Waals surface area contributed by atoms with Gasteiger partial charge in [0.15, 0.2) is 5.65 Å². The third kappa shape index (κ3) is 4.65. The number of nitrogens with zero attached hydrogens (tertiary/aromatic N) is 5. The van der Waals surface area contributed by atoms with E-state index < -0.39 is 0 Å². The summed E-state index contributed by atoms with van der Waals surface area (Å²) in [6, 6.07) is 9.71. The molecule has 0 saturated heterocycles. The van der Waals surface area contributed by atoms with E-state index in [4.69, 9.17) is 4.74 Å². The highest BCUT2D eigenvalue weighted by Crippen LogP contribution is 2.19. The largest absolute Gasteiger partial charge is 0.497 e. The molecule has 0 spiro atoms. The number of hydrogen-bond donors (Lipinski definition) is 0. The Morgan fingerprint density at radius 2 is 1.93 bits per heavy atom. The number of ether oxygens (including phenoxy) is 1. The monoisotopic (exact) mass is 381 g/mol. The van der Waals surface area contributed by atoms with Gasteiger partial charge in [-0.1, -0.05) is 38.1 Å². The molecule has 0 fully saturated rings. The average molecular weight is 381 g/mol. The number of aryl methyl sites for hydroxylation is 1. The first-order valence-corrected chi connectivity index (χ1v) is 9.34. The number of benzene rings is 1. The van der Waals surface area contributed by atoms with Crippen LogP contribution >= 0.6 is 0 Å². The molecule has 148 valence electrons. The maximum Gasteiger partial charge on any atom is 0.255 e. The SMILES string of the molecule is COc1ccc(CCN(CC(C)(C)C)C(=O)c2cnc3c(c2)nnn3C)cc1. The molecule has 2 aromatic heterocycles. The van der Waals surface area contributed by atoms with Crippen LogP contribution in [-0.2, 0) is 13.5 Å². The molecule has 0 aliphatic rings. The molecule has 28 heavy (non-hydrogen) atoms. The lowest BCUT2D eigenvalue weighted by Crippen LogP contribution is -2.39. The summed E-state index contributed by atoms with van der Waals surface area (Å²) in [5.74, 6) is 0.790. The molecule has 7 heteroatoms. The molecule has 0 saturated carbocycles. The second kappa shape index (κ2) is 7.96. The van der Waals surface area contributed by atoms with Gasteiger partial charge in [0.05, 0.1) is 12.7 Å². The fourth-order valence-electron chi connectivity index (χ4n) is 3.11. The van der Waals surface area contributed by atoms with Gasteiger partial charge in [0.25, 0.3) is 5.91 Å². The summed E-state index contributed by atoms with van der Waals surface area (Å²) in [6.07, 6.45) is 2.38. The molecule has 0 radical (unpaired) electrons. The molecule has 0 atom stereocenters. The number of fused-ring (bicyclic) bond motifs is 1. The summed E-state index contributed by atoms with van der Waals surface area (Å²) in [7, 11) is 3.44. The number of amides is 1. The van der Waals surface area contributed by atoms with Crippen molar-refractivity contribution in [1.82, 2.24) is 24.9 Å². The van der Waals surface area contributed by atoms with Gasteiger partial charge >= 0.3 is 0 Å². The van der Waals surface area contributed by atoms with E-state index in [-0.39, 0.29) is 11.3 Å². The van der Waals surface area contributed by atoms with Crippen molar-refractivity contribution in [3.05, 3.63) is 47.7 Å². The summed E-state index contributed by atoms with van der Waals surface area (Å²) in [4.78, 5) is 19.5.